The molecule has 4 heteroatoms. The normalized spacial score (nSPS) is 10.2. The molecule has 0 fully saturated rings. The molecule has 4 nitrogen and oxygen atoms in total. The highest BCUT2D eigenvalue weighted by Crippen LogP contribution is 2.38. The molecule has 0 spiro atoms. The van der Waals surface area contributed by atoms with Gasteiger partial charge in [-0.3, -0.25) is 0 Å². The van der Waals surface area contributed by atoms with E-state index in [2.05, 4.69) is 19.2 Å². The molecule has 0 heterocycles. The van der Waals surface area contributed by atoms with Crippen LogP contribution in [0.1, 0.15) is 20.8 Å². The van der Waals surface area contributed by atoms with E-state index in [0.717, 1.165) is 17.2 Å². The molecule has 0 bridgehead atoms. The lowest BCUT2D eigenvalue weighted by Gasteiger charge is -2.17. The van der Waals surface area contributed by atoms with Gasteiger partial charge in [-0.2, -0.15) is 0 Å². The van der Waals surface area contributed by atoms with Gasteiger partial charge in [0, 0.05) is 18.2 Å². The molecule has 0 atom stereocenters. The maximum absolute atomic E-state index is 5.53. The van der Waals surface area contributed by atoms with E-state index in [9.17, 15) is 0 Å². The Kier molecular flexibility index (Phi) is 4.94. The summed E-state index contributed by atoms with van der Waals surface area (Å²) in [5.41, 5.74) is 0.909. The number of methoxy groups -OCH3 is 2. The van der Waals surface area contributed by atoms with Gasteiger partial charge in [-0.1, -0.05) is 0 Å². The van der Waals surface area contributed by atoms with Crippen LogP contribution in [0.25, 0.3) is 0 Å². The Morgan fingerprint density at radius 1 is 1.06 bits per heavy atom. The van der Waals surface area contributed by atoms with Gasteiger partial charge >= 0.3 is 0 Å². The standard InChI is InChI=1S/C13H21NO3/c1-6-17-13-7-10(14-9(2)3)11(15-4)8-12(13)16-5/h7-9,14H,6H2,1-5H3. The first kappa shape index (κ1) is 13.5. The maximum Gasteiger partial charge on any atom is 0.164 e. The monoisotopic (exact) mass is 239 g/mol. The van der Waals surface area contributed by atoms with E-state index < -0.39 is 0 Å². The minimum atomic E-state index is 0.326. The zero-order valence-corrected chi connectivity index (χ0v) is 11.2. The third-order valence-corrected chi connectivity index (χ3v) is 2.23. The Balaban J connectivity index is 3.13. The molecule has 0 radical (unpaired) electrons. The van der Waals surface area contributed by atoms with Crippen LogP contribution in [-0.4, -0.2) is 26.9 Å². The lowest BCUT2D eigenvalue weighted by Crippen LogP contribution is -2.11. The van der Waals surface area contributed by atoms with E-state index >= 15 is 0 Å². The second-order valence-corrected chi connectivity index (χ2v) is 3.94. The number of hydrogen-bond donors (Lipinski definition) is 1. The van der Waals surface area contributed by atoms with Crippen LogP contribution >= 0.6 is 0 Å². The third-order valence-electron chi connectivity index (χ3n) is 2.23. The zero-order valence-electron chi connectivity index (χ0n) is 11.2. The molecule has 0 saturated carbocycles. The van der Waals surface area contributed by atoms with Crippen LogP contribution in [0.3, 0.4) is 0 Å². The van der Waals surface area contributed by atoms with Gasteiger partial charge in [0.1, 0.15) is 5.75 Å². The predicted molar refractivity (Wildman–Crippen MR) is 69.5 cm³/mol. The van der Waals surface area contributed by atoms with E-state index in [0.29, 0.717) is 18.4 Å². The molecule has 0 aliphatic carbocycles. The van der Waals surface area contributed by atoms with Gasteiger partial charge in [0.05, 0.1) is 26.5 Å². The van der Waals surface area contributed by atoms with E-state index in [-0.39, 0.29) is 0 Å². The first-order chi connectivity index (χ1) is 8.12. The SMILES string of the molecule is CCOc1cc(NC(C)C)c(OC)cc1OC. The summed E-state index contributed by atoms with van der Waals surface area (Å²) in [7, 11) is 3.26. The molecule has 0 aliphatic heterocycles. The predicted octanol–water partition coefficient (Wildman–Crippen LogP) is 2.92. The second-order valence-electron chi connectivity index (χ2n) is 3.94. The van der Waals surface area contributed by atoms with Crippen LogP contribution in [0.2, 0.25) is 0 Å². The Bertz CT molecular complexity index is 364. The van der Waals surface area contributed by atoms with Gasteiger partial charge in [0.2, 0.25) is 0 Å². The van der Waals surface area contributed by atoms with Gasteiger partial charge in [0.15, 0.2) is 11.5 Å². The highest BCUT2D eigenvalue weighted by molar-refractivity contribution is 5.64. The summed E-state index contributed by atoms with van der Waals surface area (Å²) in [4.78, 5) is 0. The smallest absolute Gasteiger partial charge is 0.164 e. The number of ether oxygens (including phenoxy) is 3. The van der Waals surface area contributed by atoms with Crippen molar-refractivity contribution in [2.75, 3.05) is 26.1 Å². The maximum atomic E-state index is 5.53. The number of hydrogen-bond acceptors (Lipinski definition) is 4. The summed E-state index contributed by atoms with van der Waals surface area (Å²) in [5.74, 6) is 2.15. The van der Waals surface area contributed by atoms with E-state index in [1.807, 2.05) is 19.1 Å². The van der Waals surface area contributed by atoms with Gasteiger partial charge in [-0.05, 0) is 20.8 Å². The summed E-state index contributed by atoms with van der Waals surface area (Å²) < 4.78 is 16.1. The fourth-order valence-corrected chi connectivity index (χ4v) is 1.56. The number of benzene rings is 1. The molecule has 96 valence electrons. The highest BCUT2D eigenvalue weighted by atomic mass is 16.5. The molecule has 1 aromatic carbocycles. The van der Waals surface area contributed by atoms with Crippen molar-refractivity contribution < 1.29 is 14.2 Å². The number of nitrogens with one attached hydrogen (secondary N) is 1. The first-order valence-corrected chi connectivity index (χ1v) is 5.77. The summed E-state index contributed by atoms with van der Waals surface area (Å²) in [6.07, 6.45) is 0. The Morgan fingerprint density at radius 2 is 1.71 bits per heavy atom. The molecule has 0 amide bonds. The lowest BCUT2D eigenvalue weighted by atomic mass is 10.2. The number of anilines is 1. The van der Waals surface area contributed by atoms with Gasteiger partial charge < -0.3 is 19.5 Å². The fourth-order valence-electron chi connectivity index (χ4n) is 1.56. The zero-order chi connectivity index (χ0) is 12.8. The van der Waals surface area contributed by atoms with Crippen molar-refractivity contribution in [2.24, 2.45) is 0 Å². The average molecular weight is 239 g/mol. The molecule has 1 rings (SSSR count). The van der Waals surface area contributed by atoms with Gasteiger partial charge in [-0.25, -0.2) is 0 Å². The van der Waals surface area contributed by atoms with Crippen LogP contribution in [0.5, 0.6) is 17.2 Å². The molecular weight excluding hydrogens is 218 g/mol. The van der Waals surface area contributed by atoms with Crippen LogP contribution in [0.15, 0.2) is 12.1 Å². The molecule has 17 heavy (non-hydrogen) atoms. The number of rotatable bonds is 6. The van der Waals surface area contributed by atoms with Gasteiger partial charge in [-0.15, -0.1) is 0 Å². The average Bonchev–Trinajstić information content (AvgIpc) is 2.29. The molecule has 0 aromatic heterocycles. The van der Waals surface area contributed by atoms with Crippen molar-refractivity contribution in [3.05, 3.63) is 12.1 Å². The van der Waals surface area contributed by atoms with Crippen molar-refractivity contribution >= 4 is 5.69 Å². The van der Waals surface area contributed by atoms with E-state index in [4.69, 9.17) is 14.2 Å². The minimum Gasteiger partial charge on any atom is -0.494 e. The first-order valence-electron chi connectivity index (χ1n) is 5.77. The van der Waals surface area contributed by atoms with E-state index in [1.54, 1.807) is 14.2 Å². The van der Waals surface area contributed by atoms with Crippen molar-refractivity contribution in [3.8, 4) is 17.2 Å². The van der Waals surface area contributed by atoms with Crippen molar-refractivity contribution in [1.82, 2.24) is 0 Å². The van der Waals surface area contributed by atoms with Crippen molar-refractivity contribution in [1.29, 1.82) is 0 Å². The summed E-state index contributed by atoms with van der Waals surface area (Å²) in [5, 5.41) is 3.31. The fraction of sp³-hybridized carbons (Fsp3) is 0.538. The van der Waals surface area contributed by atoms with Crippen molar-refractivity contribution in [2.45, 2.75) is 26.8 Å². The molecule has 0 unspecified atom stereocenters. The highest BCUT2D eigenvalue weighted by Gasteiger charge is 2.12. The van der Waals surface area contributed by atoms with Gasteiger partial charge in [0.25, 0.3) is 0 Å². The molecule has 1 aromatic rings. The molecule has 0 aliphatic rings. The van der Waals surface area contributed by atoms with E-state index in [1.165, 1.54) is 0 Å². The Morgan fingerprint density at radius 3 is 2.18 bits per heavy atom. The summed E-state index contributed by atoms with van der Waals surface area (Å²) >= 11 is 0. The van der Waals surface area contributed by atoms with Crippen LogP contribution < -0.4 is 19.5 Å². The third kappa shape index (κ3) is 3.44. The second kappa shape index (κ2) is 6.23. The molecular formula is C13H21NO3. The summed E-state index contributed by atoms with van der Waals surface area (Å²) in [6.45, 7) is 6.69. The summed E-state index contributed by atoms with van der Waals surface area (Å²) in [6, 6.07) is 4.06. The van der Waals surface area contributed by atoms with Crippen LogP contribution in [0.4, 0.5) is 5.69 Å². The Hall–Kier alpha value is -1.58. The Labute approximate surface area is 103 Å². The topological polar surface area (TPSA) is 39.7 Å². The molecule has 0 saturated heterocycles. The lowest BCUT2D eigenvalue weighted by molar-refractivity contribution is 0.309. The quantitative estimate of drug-likeness (QED) is 0.828. The molecule has 1 N–H and O–H groups in total. The van der Waals surface area contributed by atoms with Crippen LogP contribution in [0, 0.1) is 0 Å². The van der Waals surface area contributed by atoms with Crippen molar-refractivity contribution in [3.63, 3.8) is 0 Å². The minimum absolute atomic E-state index is 0.326. The largest absolute Gasteiger partial charge is 0.494 e. The van der Waals surface area contributed by atoms with Crippen LogP contribution in [-0.2, 0) is 0 Å².